The number of hydrogen-bond acceptors (Lipinski definition) is 4. The van der Waals surface area contributed by atoms with Crippen molar-refractivity contribution in [3.05, 3.63) is 84.3 Å². The lowest BCUT2D eigenvalue weighted by Crippen LogP contribution is -2.44. The fourth-order valence-electron chi connectivity index (χ4n) is 2.73. The summed E-state index contributed by atoms with van der Waals surface area (Å²) in [5.74, 6) is -2.58. The number of amides is 2. The van der Waals surface area contributed by atoms with Gasteiger partial charge in [0.1, 0.15) is 5.92 Å². The Kier molecular flexibility index (Phi) is 7.91. The summed E-state index contributed by atoms with van der Waals surface area (Å²) >= 11 is 0. The molecule has 1 N–H and O–H groups in total. The van der Waals surface area contributed by atoms with Gasteiger partial charge in [0.15, 0.2) is 0 Å². The van der Waals surface area contributed by atoms with Crippen LogP contribution in [0.3, 0.4) is 0 Å². The Balaban J connectivity index is 2.18. The highest BCUT2D eigenvalue weighted by molar-refractivity contribution is 7.93. The second kappa shape index (κ2) is 10.4. The number of allylic oxidation sites excluding steroid dienone is 1. The van der Waals surface area contributed by atoms with Gasteiger partial charge in [-0.2, -0.15) is 0 Å². The summed E-state index contributed by atoms with van der Waals surface area (Å²) < 4.78 is 26.5. The van der Waals surface area contributed by atoms with E-state index in [0.29, 0.717) is 17.8 Å². The molecule has 0 bridgehead atoms. The highest BCUT2D eigenvalue weighted by Gasteiger charge is 2.31. The number of carbonyl (C=O) groups excluding carboxylic acids is 2. The first-order chi connectivity index (χ1) is 13.9. The van der Waals surface area contributed by atoms with Gasteiger partial charge in [0.25, 0.3) is 10.0 Å². The molecule has 0 spiro atoms. The van der Waals surface area contributed by atoms with Crippen molar-refractivity contribution < 1.29 is 18.0 Å². The van der Waals surface area contributed by atoms with E-state index in [9.17, 15) is 18.0 Å². The van der Waals surface area contributed by atoms with Crippen LogP contribution in [0.5, 0.6) is 0 Å². The van der Waals surface area contributed by atoms with Crippen LogP contribution in [0, 0.1) is 5.92 Å². The average Bonchev–Trinajstić information content (AvgIpc) is 2.72. The third kappa shape index (κ3) is 6.43. The number of nitrogens with zero attached hydrogens (tertiary/aromatic N) is 1. The highest BCUT2D eigenvalue weighted by Crippen LogP contribution is 2.18. The minimum absolute atomic E-state index is 0.0198. The fraction of sp³-hybridized carbons (Fsp3) is 0.182. The third-order valence-corrected chi connectivity index (χ3v) is 5.13. The molecule has 2 aromatic rings. The van der Waals surface area contributed by atoms with Crippen molar-refractivity contribution in [2.45, 2.75) is 13.3 Å². The van der Waals surface area contributed by atoms with Gasteiger partial charge >= 0.3 is 0 Å². The second-order valence-electron chi connectivity index (χ2n) is 6.22. The molecule has 152 valence electrons. The standard InChI is InChI=1S/C22H24N2O4S/c1-3-11-20(22(26)24(4-2)19-14-9-6-10-15-19)21(25)23-29(27,28)17-16-18-12-7-5-8-13-18/h3,5-10,12-17,20H,1,4,11H2,2H3,(H,23,25). The summed E-state index contributed by atoms with van der Waals surface area (Å²) in [6, 6.07) is 17.7. The van der Waals surface area contributed by atoms with Crippen molar-refractivity contribution in [3.8, 4) is 0 Å². The van der Waals surface area contributed by atoms with Gasteiger partial charge < -0.3 is 4.90 Å². The summed E-state index contributed by atoms with van der Waals surface area (Å²) in [5.41, 5.74) is 1.30. The molecule has 0 fully saturated rings. The Morgan fingerprint density at radius 2 is 1.66 bits per heavy atom. The molecule has 0 saturated heterocycles. The predicted octanol–water partition coefficient (Wildman–Crippen LogP) is 3.35. The van der Waals surface area contributed by atoms with Gasteiger partial charge in [-0.05, 0) is 37.1 Å². The maximum absolute atomic E-state index is 13.0. The van der Waals surface area contributed by atoms with E-state index in [1.165, 1.54) is 17.1 Å². The molecule has 6 nitrogen and oxygen atoms in total. The number of rotatable bonds is 9. The molecule has 0 radical (unpaired) electrons. The van der Waals surface area contributed by atoms with Gasteiger partial charge in [-0.1, -0.05) is 54.6 Å². The minimum atomic E-state index is -4.06. The van der Waals surface area contributed by atoms with Crippen LogP contribution in [0.1, 0.15) is 18.9 Å². The first kappa shape index (κ1) is 22.1. The van der Waals surface area contributed by atoms with Crippen LogP contribution in [0.25, 0.3) is 6.08 Å². The molecule has 0 heterocycles. The van der Waals surface area contributed by atoms with Crippen molar-refractivity contribution in [2.75, 3.05) is 11.4 Å². The third-order valence-electron chi connectivity index (χ3n) is 4.15. The van der Waals surface area contributed by atoms with E-state index < -0.39 is 27.8 Å². The zero-order chi connectivity index (χ0) is 21.3. The molecule has 2 aromatic carbocycles. The lowest BCUT2D eigenvalue weighted by Gasteiger charge is -2.25. The molecule has 0 aromatic heterocycles. The number of carbonyl (C=O) groups is 2. The normalized spacial score (nSPS) is 12.3. The van der Waals surface area contributed by atoms with Crippen LogP contribution in [0.4, 0.5) is 5.69 Å². The maximum atomic E-state index is 13.0. The van der Waals surface area contributed by atoms with Gasteiger partial charge in [0.2, 0.25) is 11.8 Å². The van der Waals surface area contributed by atoms with Gasteiger partial charge in [-0.25, -0.2) is 13.1 Å². The van der Waals surface area contributed by atoms with Gasteiger partial charge in [-0.3, -0.25) is 9.59 Å². The Labute approximate surface area is 171 Å². The van der Waals surface area contributed by atoms with Gasteiger partial charge in [0.05, 0.1) is 5.41 Å². The molecule has 0 aliphatic rings. The number of sulfonamides is 1. The summed E-state index contributed by atoms with van der Waals surface area (Å²) in [4.78, 5) is 27.1. The maximum Gasteiger partial charge on any atom is 0.257 e. The molecule has 2 amide bonds. The monoisotopic (exact) mass is 412 g/mol. The van der Waals surface area contributed by atoms with Crippen molar-refractivity contribution in [3.63, 3.8) is 0 Å². The molecule has 0 aliphatic heterocycles. The molecule has 2 rings (SSSR count). The van der Waals surface area contributed by atoms with E-state index in [4.69, 9.17) is 0 Å². The lowest BCUT2D eigenvalue weighted by molar-refractivity contribution is -0.132. The largest absolute Gasteiger partial charge is 0.312 e. The van der Waals surface area contributed by atoms with E-state index in [2.05, 4.69) is 6.58 Å². The van der Waals surface area contributed by atoms with Crippen molar-refractivity contribution in [1.82, 2.24) is 4.72 Å². The zero-order valence-electron chi connectivity index (χ0n) is 16.2. The van der Waals surface area contributed by atoms with Crippen LogP contribution in [-0.2, 0) is 19.6 Å². The van der Waals surface area contributed by atoms with Gasteiger partial charge in [0, 0.05) is 12.2 Å². The first-order valence-corrected chi connectivity index (χ1v) is 10.7. The number of anilines is 1. The Hall–Kier alpha value is -3.19. The highest BCUT2D eigenvalue weighted by atomic mass is 32.2. The smallest absolute Gasteiger partial charge is 0.257 e. The van der Waals surface area contributed by atoms with Crippen LogP contribution in [-0.4, -0.2) is 26.8 Å². The van der Waals surface area contributed by atoms with E-state index in [1.54, 1.807) is 55.5 Å². The van der Waals surface area contributed by atoms with Crippen LogP contribution in [0.15, 0.2) is 78.7 Å². The zero-order valence-corrected chi connectivity index (χ0v) is 17.0. The Morgan fingerprint density at radius 3 is 2.21 bits per heavy atom. The van der Waals surface area contributed by atoms with Crippen LogP contribution in [0.2, 0.25) is 0 Å². The SMILES string of the molecule is C=CCC(C(=O)NS(=O)(=O)C=Cc1ccccc1)C(=O)N(CC)c1ccccc1. The second-order valence-corrected chi connectivity index (χ2v) is 7.79. The summed E-state index contributed by atoms with van der Waals surface area (Å²) in [5, 5.41) is 0.907. The number of nitrogens with one attached hydrogen (secondary N) is 1. The molecule has 1 unspecified atom stereocenters. The summed E-state index contributed by atoms with van der Waals surface area (Å²) in [6.07, 6.45) is 2.82. The molecule has 29 heavy (non-hydrogen) atoms. The first-order valence-electron chi connectivity index (χ1n) is 9.15. The molecule has 1 atom stereocenters. The average molecular weight is 413 g/mol. The van der Waals surface area contributed by atoms with Crippen LogP contribution < -0.4 is 9.62 Å². The molecule has 0 aliphatic carbocycles. The van der Waals surface area contributed by atoms with E-state index >= 15 is 0 Å². The predicted molar refractivity (Wildman–Crippen MR) is 115 cm³/mol. The number of benzene rings is 2. The summed E-state index contributed by atoms with van der Waals surface area (Å²) in [7, 11) is -4.06. The summed E-state index contributed by atoms with van der Waals surface area (Å²) in [6.45, 7) is 5.70. The molecule has 7 heteroatoms. The number of para-hydroxylation sites is 1. The number of hydrogen-bond donors (Lipinski definition) is 1. The minimum Gasteiger partial charge on any atom is -0.312 e. The topological polar surface area (TPSA) is 83.5 Å². The molecule has 0 saturated carbocycles. The van der Waals surface area contributed by atoms with Crippen LogP contribution >= 0.6 is 0 Å². The Bertz CT molecular complexity index is 970. The lowest BCUT2D eigenvalue weighted by atomic mass is 10.0. The van der Waals surface area contributed by atoms with E-state index in [-0.39, 0.29) is 6.42 Å². The molecular formula is C22H24N2O4S. The van der Waals surface area contributed by atoms with Gasteiger partial charge in [-0.15, -0.1) is 6.58 Å². The van der Waals surface area contributed by atoms with Crippen molar-refractivity contribution >= 4 is 33.6 Å². The Morgan fingerprint density at radius 1 is 1.07 bits per heavy atom. The molecular weight excluding hydrogens is 388 g/mol. The quantitative estimate of drug-likeness (QED) is 0.506. The van der Waals surface area contributed by atoms with Crippen molar-refractivity contribution in [2.24, 2.45) is 5.92 Å². The van der Waals surface area contributed by atoms with E-state index in [0.717, 1.165) is 5.41 Å². The fourth-order valence-corrected chi connectivity index (χ4v) is 3.55. The van der Waals surface area contributed by atoms with E-state index in [1.807, 2.05) is 16.9 Å². The van der Waals surface area contributed by atoms with Crippen molar-refractivity contribution in [1.29, 1.82) is 0 Å².